The van der Waals surface area contributed by atoms with Crippen molar-refractivity contribution in [3.8, 4) is 0 Å². The van der Waals surface area contributed by atoms with Gasteiger partial charge in [-0.2, -0.15) is 0 Å². The molecule has 0 spiro atoms. The fourth-order valence-corrected chi connectivity index (χ4v) is 1.27. The van der Waals surface area contributed by atoms with Crippen LogP contribution in [-0.4, -0.2) is 45.3 Å². The maximum Gasteiger partial charge on any atom is 0.156 e. The van der Waals surface area contributed by atoms with Crippen LogP contribution in [0, 0.1) is 0 Å². The average molecular weight is 205 g/mol. The summed E-state index contributed by atoms with van der Waals surface area (Å²) >= 11 is 0. The SMILES string of the molecule is COC(CCCCCNCCO)OC. The Morgan fingerprint density at radius 2 is 1.79 bits per heavy atom. The van der Waals surface area contributed by atoms with E-state index in [1.807, 2.05) is 0 Å². The van der Waals surface area contributed by atoms with Gasteiger partial charge in [-0.15, -0.1) is 0 Å². The van der Waals surface area contributed by atoms with Crippen molar-refractivity contribution >= 4 is 0 Å². The van der Waals surface area contributed by atoms with Crippen LogP contribution in [0.4, 0.5) is 0 Å². The summed E-state index contributed by atoms with van der Waals surface area (Å²) in [5.74, 6) is 0. The molecule has 0 amide bonds. The van der Waals surface area contributed by atoms with E-state index in [1.54, 1.807) is 14.2 Å². The standard InChI is InChI=1S/C10H23NO3/c1-13-10(14-2)6-4-3-5-7-11-8-9-12/h10-12H,3-9H2,1-2H3. The predicted molar refractivity (Wildman–Crippen MR) is 56.2 cm³/mol. The lowest BCUT2D eigenvalue weighted by atomic mass is 10.2. The van der Waals surface area contributed by atoms with E-state index in [0.717, 1.165) is 25.8 Å². The molecule has 0 fully saturated rings. The van der Waals surface area contributed by atoms with E-state index in [4.69, 9.17) is 14.6 Å². The summed E-state index contributed by atoms with van der Waals surface area (Å²) in [5.41, 5.74) is 0. The molecule has 4 nitrogen and oxygen atoms in total. The Kier molecular flexibility index (Phi) is 10.8. The maximum absolute atomic E-state index is 8.51. The van der Waals surface area contributed by atoms with E-state index in [0.29, 0.717) is 6.54 Å². The number of methoxy groups -OCH3 is 2. The molecule has 0 aromatic rings. The van der Waals surface area contributed by atoms with Crippen molar-refractivity contribution in [2.24, 2.45) is 0 Å². The van der Waals surface area contributed by atoms with Crippen LogP contribution in [-0.2, 0) is 9.47 Å². The highest BCUT2D eigenvalue weighted by Gasteiger charge is 2.03. The lowest BCUT2D eigenvalue weighted by Gasteiger charge is -2.12. The molecule has 2 N–H and O–H groups in total. The van der Waals surface area contributed by atoms with Crippen LogP contribution in [0.15, 0.2) is 0 Å². The summed E-state index contributed by atoms with van der Waals surface area (Å²) < 4.78 is 10.1. The van der Waals surface area contributed by atoms with Crippen molar-refractivity contribution in [1.82, 2.24) is 5.32 Å². The first-order valence-corrected chi connectivity index (χ1v) is 5.22. The molecule has 14 heavy (non-hydrogen) atoms. The van der Waals surface area contributed by atoms with Gasteiger partial charge in [0.2, 0.25) is 0 Å². The molecule has 0 saturated heterocycles. The molecule has 0 aliphatic carbocycles. The molecular weight excluding hydrogens is 182 g/mol. The normalized spacial score (nSPS) is 11.1. The highest BCUT2D eigenvalue weighted by atomic mass is 16.7. The van der Waals surface area contributed by atoms with Gasteiger partial charge in [-0.3, -0.25) is 0 Å². The fraction of sp³-hybridized carbons (Fsp3) is 1.00. The molecule has 0 rings (SSSR count). The molecule has 0 aromatic heterocycles. The lowest BCUT2D eigenvalue weighted by Crippen LogP contribution is -2.19. The van der Waals surface area contributed by atoms with Crippen molar-refractivity contribution in [3.63, 3.8) is 0 Å². The van der Waals surface area contributed by atoms with Crippen LogP contribution < -0.4 is 5.32 Å². The molecule has 0 aliphatic heterocycles. The third-order valence-electron chi connectivity index (χ3n) is 2.11. The largest absolute Gasteiger partial charge is 0.395 e. The Morgan fingerprint density at radius 3 is 2.36 bits per heavy atom. The molecule has 0 aliphatic rings. The highest BCUT2D eigenvalue weighted by Crippen LogP contribution is 2.05. The number of ether oxygens (including phenoxy) is 2. The maximum atomic E-state index is 8.51. The minimum Gasteiger partial charge on any atom is -0.395 e. The predicted octanol–water partition coefficient (Wildman–Crippen LogP) is 0.748. The summed E-state index contributed by atoms with van der Waals surface area (Å²) in [6.07, 6.45) is 4.32. The van der Waals surface area contributed by atoms with E-state index in [9.17, 15) is 0 Å². The zero-order valence-corrected chi connectivity index (χ0v) is 9.29. The molecule has 4 heteroatoms. The van der Waals surface area contributed by atoms with Gasteiger partial charge in [0, 0.05) is 20.8 Å². The molecule has 0 unspecified atom stereocenters. The van der Waals surface area contributed by atoms with Crippen LogP contribution >= 0.6 is 0 Å². The van der Waals surface area contributed by atoms with Crippen LogP contribution in [0.3, 0.4) is 0 Å². The summed E-state index contributed by atoms with van der Waals surface area (Å²) in [5, 5.41) is 11.6. The lowest BCUT2D eigenvalue weighted by molar-refractivity contribution is -0.107. The van der Waals surface area contributed by atoms with Gasteiger partial charge in [0.1, 0.15) is 0 Å². The van der Waals surface area contributed by atoms with Gasteiger partial charge in [-0.1, -0.05) is 6.42 Å². The van der Waals surface area contributed by atoms with E-state index >= 15 is 0 Å². The smallest absolute Gasteiger partial charge is 0.156 e. The van der Waals surface area contributed by atoms with Crippen LogP contribution in [0.5, 0.6) is 0 Å². The van der Waals surface area contributed by atoms with Gasteiger partial charge in [0.25, 0.3) is 0 Å². The number of rotatable bonds is 10. The fourth-order valence-electron chi connectivity index (χ4n) is 1.27. The quantitative estimate of drug-likeness (QED) is 0.408. The third kappa shape index (κ3) is 8.44. The van der Waals surface area contributed by atoms with E-state index in [2.05, 4.69) is 5.32 Å². The second kappa shape index (κ2) is 10.9. The molecule has 0 atom stereocenters. The van der Waals surface area contributed by atoms with Crippen molar-refractivity contribution in [2.75, 3.05) is 33.9 Å². The molecule has 86 valence electrons. The van der Waals surface area contributed by atoms with Crippen LogP contribution in [0.2, 0.25) is 0 Å². The van der Waals surface area contributed by atoms with Crippen molar-refractivity contribution in [1.29, 1.82) is 0 Å². The zero-order valence-electron chi connectivity index (χ0n) is 9.29. The average Bonchev–Trinajstić information content (AvgIpc) is 2.22. The monoisotopic (exact) mass is 205 g/mol. The number of nitrogens with one attached hydrogen (secondary N) is 1. The Labute approximate surface area is 86.6 Å². The summed E-state index contributed by atoms with van der Waals surface area (Å²) in [6.45, 7) is 1.89. The summed E-state index contributed by atoms with van der Waals surface area (Å²) in [6, 6.07) is 0. The molecule has 0 aromatic carbocycles. The van der Waals surface area contributed by atoms with E-state index in [-0.39, 0.29) is 12.9 Å². The van der Waals surface area contributed by atoms with Crippen molar-refractivity contribution < 1.29 is 14.6 Å². The Hall–Kier alpha value is -0.160. The number of hydrogen-bond donors (Lipinski definition) is 2. The van der Waals surface area contributed by atoms with Crippen LogP contribution in [0.25, 0.3) is 0 Å². The number of hydrogen-bond acceptors (Lipinski definition) is 4. The first-order valence-electron chi connectivity index (χ1n) is 5.22. The highest BCUT2D eigenvalue weighted by molar-refractivity contribution is 4.50. The van der Waals surface area contributed by atoms with E-state index in [1.165, 1.54) is 6.42 Å². The molecule has 0 heterocycles. The molecule has 0 bridgehead atoms. The minimum atomic E-state index is -0.0552. The Bertz CT molecular complexity index is 108. The number of unbranched alkanes of at least 4 members (excludes halogenated alkanes) is 2. The van der Waals surface area contributed by atoms with Crippen molar-refractivity contribution in [2.45, 2.75) is 32.0 Å². The topological polar surface area (TPSA) is 50.7 Å². The molecule has 0 radical (unpaired) electrons. The third-order valence-corrected chi connectivity index (χ3v) is 2.11. The second-order valence-electron chi connectivity index (χ2n) is 3.22. The molecular formula is C10H23NO3. The van der Waals surface area contributed by atoms with Gasteiger partial charge in [-0.05, 0) is 25.8 Å². The van der Waals surface area contributed by atoms with Gasteiger partial charge in [-0.25, -0.2) is 0 Å². The zero-order chi connectivity index (χ0) is 10.6. The first-order chi connectivity index (χ1) is 6.85. The van der Waals surface area contributed by atoms with E-state index < -0.39 is 0 Å². The van der Waals surface area contributed by atoms with Gasteiger partial charge < -0.3 is 19.9 Å². The Balaban J connectivity index is 3.04. The van der Waals surface area contributed by atoms with Gasteiger partial charge in [0.05, 0.1) is 6.61 Å². The Morgan fingerprint density at radius 1 is 1.07 bits per heavy atom. The van der Waals surface area contributed by atoms with Crippen molar-refractivity contribution in [3.05, 3.63) is 0 Å². The number of aliphatic hydroxyl groups excluding tert-OH is 1. The molecule has 0 saturated carbocycles. The summed E-state index contributed by atoms with van der Waals surface area (Å²) in [7, 11) is 3.33. The van der Waals surface area contributed by atoms with Gasteiger partial charge >= 0.3 is 0 Å². The second-order valence-corrected chi connectivity index (χ2v) is 3.22. The van der Waals surface area contributed by atoms with Gasteiger partial charge in [0.15, 0.2) is 6.29 Å². The summed E-state index contributed by atoms with van der Waals surface area (Å²) in [4.78, 5) is 0. The number of aliphatic hydroxyl groups is 1. The first kappa shape index (κ1) is 13.8. The minimum absolute atomic E-state index is 0.0552. The van der Waals surface area contributed by atoms with Crippen LogP contribution in [0.1, 0.15) is 25.7 Å².